The lowest BCUT2D eigenvalue weighted by atomic mass is 9.90. The molecule has 3 aliphatic heterocycles. The predicted molar refractivity (Wildman–Crippen MR) is 207 cm³/mol. The zero-order chi connectivity index (χ0) is 38.8. The molecule has 4 aromatic rings. The molecular formula is C38H43N9O7S. The zero-order valence-electron chi connectivity index (χ0n) is 30.9. The van der Waals surface area contributed by atoms with Crippen LogP contribution in [-0.2, 0) is 52.6 Å². The lowest BCUT2D eigenvalue weighted by molar-refractivity contribution is -0.111. The van der Waals surface area contributed by atoms with E-state index >= 15 is 0 Å². The molecule has 0 radical (unpaired) electrons. The maximum atomic E-state index is 13.9. The van der Waals surface area contributed by atoms with Gasteiger partial charge in [-0.3, -0.25) is 28.5 Å². The smallest absolute Gasteiger partial charge is 0.293 e. The number of rotatable bonds is 9. The van der Waals surface area contributed by atoms with Crippen LogP contribution >= 0.6 is 0 Å². The van der Waals surface area contributed by atoms with Crippen molar-refractivity contribution in [3.8, 4) is 11.3 Å². The fraction of sp³-hybridized carbons (Fsp3) is 0.395. The molecule has 8 rings (SSSR count). The maximum Gasteiger partial charge on any atom is 0.293 e. The quantitative estimate of drug-likeness (QED) is 0.213. The van der Waals surface area contributed by atoms with E-state index in [4.69, 9.17) is 4.74 Å². The van der Waals surface area contributed by atoms with Crippen LogP contribution in [0.2, 0.25) is 0 Å². The van der Waals surface area contributed by atoms with Crippen molar-refractivity contribution in [3.63, 3.8) is 0 Å². The molecule has 1 aromatic carbocycles. The van der Waals surface area contributed by atoms with Crippen LogP contribution in [-0.4, -0.2) is 94.1 Å². The summed E-state index contributed by atoms with van der Waals surface area (Å²) in [6.07, 6.45) is 5.99. The summed E-state index contributed by atoms with van der Waals surface area (Å²) < 4.78 is 36.9. The summed E-state index contributed by atoms with van der Waals surface area (Å²) in [6.45, 7) is 10.2. The van der Waals surface area contributed by atoms with Gasteiger partial charge in [0.25, 0.3) is 11.5 Å². The van der Waals surface area contributed by atoms with Gasteiger partial charge >= 0.3 is 0 Å². The second kappa shape index (κ2) is 13.7. The Labute approximate surface area is 318 Å². The third-order valence-corrected chi connectivity index (χ3v) is 12.5. The van der Waals surface area contributed by atoms with Crippen molar-refractivity contribution in [2.24, 2.45) is 12.5 Å². The molecule has 2 saturated heterocycles. The number of nitrogens with zero attached hydrogens (tertiary/aromatic N) is 7. The van der Waals surface area contributed by atoms with E-state index in [9.17, 15) is 27.9 Å². The van der Waals surface area contributed by atoms with Crippen LogP contribution in [0.4, 0.5) is 28.7 Å². The van der Waals surface area contributed by atoms with Gasteiger partial charge in [0.2, 0.25) is 15.9 Å². The Bertz CT molecular complexity index is 2420. The number of fused-ring (bicyclic) bond motifs is 3. The molecule has 2 amide bonds. The van der Waals surface area contributed by atoms with Crippen LogP contribution < -0.4 is 25.4 Å². The van der Waals surface area contributed by atoms with E-state index < -0.39 is 28.1 Å². The first kappa shape index (κ1) is 36.6. The van der Waals surface area contributed by atoms with Gasteiger partial charge in [0.05, 0.1) is 42.9 Å². The highest BCUT2D eigenvalue weighted by atomic mass is 32.2. The second-order valence-corrected chi connectivity index (χ2v) is 17.1. The number of carbonyl (C=O) groups excluding carboxylic acids is 2. The van der Waals surface area contributed by atoms with E-state index in [2.05, 4.69) is 45.6 Å². The Morgan fingerprint density at radius 2 is 1.91 bits per heavy atom. The lowest BCUT2D eigenvalue weighted by Crippen LogP contribution is -2.58. The number of benzene rings is 1. The molecule has 1 aliphatic carbocycles. The molecule has 3 aromatic heterocycles. The van der Waals surface area contributed by atoms with Crippen LogP contribution in [0.1, 0.15) is 41.2 Å². The molecule has 0 unspecified atom stereocenters. The van der Waals surface area contributed by atoms with Gasteiger partial charge in [-0.25, -0.2) is 18.4 Å². The monoisotopic (exact) mass is 769 g/mol. The summed E-state index contributed by atoms with van der Waals surface area (Å²) in [6, 6.07) is 8.41. The maximum absolute atomic E-state index is 13.9. The molecule has 55 heavy (non-hydrogen) atoms. The number of pyridine rings is 1. The molecule has 6 heterocycles. The number of aliphatic hydroxyl groups is 1. The van der Waals surface area contributed by atoms with Gasteiger partial charge in [-0.05, 0) is 60.2 Å². The predicted octanol–water partition coefficient (Wildman–Crippen LogP) is 2.60. The number of sulfonamides is 1. The molecule has 288 valence electrons. The standard InChI is InChI=1S/C38H43N9O7S/c1-5-33(49)41-28-15-24(6-7-30(28)47-13-10-44(22-55(47,52)53)25-20-54-21-25)40-34-37(51)43(4)18-29(42-34)26-8-9-39-35(27(26)19-48)46-12-11-45-31(36(46)50)14-23-16-38(2,3)17-32(23)45/h5-9,14-15,18,25,48H,1,10-13,16-17,19-22H2,2-4H3,(H,40,42)(H,41,49). The van der Waals surface area contributed by atoms with Crippen molar-refractivity contribution >= 4 is 50.5 Å². The molecule has 4 aliphatic rings. The summed E-state index contributed by atoms with van der Waals surface area (Å²) in [5.74, 6) is -0.675. The molecule has 2 fully saturated rings. The van der Waals surface area contributed by atoms with Gasteiger partial charge in [-0.2, -0.15) is 0 Å². The fourth-order valence-corrected chi connectivity index (χ4v) is 9.70. The first-order valence-corrected chi connectivity index (χ1v) is 19.7. The molecule has 3 N–H and O–H groups in total. The number of aryl methyl sites for hydroxylation is 1. The second-order valence-electron chi connectivity index (χ2n) is 15.2. The summed E-state index contributed by atoms with van der Waals surface area (Å²) in [7, 11) is -2.21. The van der Waals surface area contributed by atoms with Crippen LogP contribution in [0, 0.1) is 5.41 Å². The minimum atomic E-state index is -3.78. The van der Waals surface area contributed by atoms with Crippen molar-refractivity contribution in [3.05, 3.63) is 88.2 Å². The third kappa shape index (κ3) is 6.60. The van der Waals surface area contributed by atoms with Gasteiger partial charge in [0.15, 0.2) is 5.82 Å². The summed E-state index contributed by atoms with van der Waals surface area (Å²) in [4.78, 5) is 52.6. The zero-order valence-corrected chi connectivity index (χ0v) is 31.7. The van der Waals surface area contributed by atoms with E-state index in [-0.39, 0.29) is 47.0 Å². The first-order chi connectivity index (χ1) is 26.3. The topological polar surface area (TPSA) is 184 Å². The average molecular weight is 770 g/mol. The largest absolute Gasteiger partial charge is 0.392 e. The molecule has 0 bridgehead atoms. The van der Waals surface area contributed by atoms with Crippen molar-refractivity contribution in [1.82, 2.24) is 24.0 Å². The van der Waals surface area contributed by atoms with E-state index in [0.29, 0.717) is 66.9 Å². The number of aliphatic hydroxyl groups excluding tert-OH is 1. The Morgan fingerprint density at radius 1 is 1.11 bits per heavy atom. The number of aromatic nitrogens is 4. The minimum absolute atomic E-state index is 0.0513. The number of hydrogen-bond donors (Lipinski definition) is 3. The summed E-state index contributed by atoms with van der Waals surface area (Å²) in [5, 5.41) is 16.5. The van der Waals surface area contributed by atoms with Crippen LogP contribution in [0.3, 0.4) is 0 Å². The van der Waals surface area contributed by atoms with Gasteiger partial charge in [-0.15, -0.1) is 0 Å². The number of anilines is 5. The molecule has 0 atom stereocenters. The summed E-state index contributed by atoms with van der Waals surface area (Å²) in [5.41, 5.74) is 4.71. The van der Waals surface area contributed by atoms with E-state index in [1.54, 1.807) is 42.5 Å². The van der Waals surface area contributed by atoms with E-state index in [0.717, 1.165) is 18.9 Å². The van der Waals surface area contributed by atoms with Crippen LogP contribution in [0.5, 0.6) is 0 Å². The highest BCUT2D eigenvalue weighted by Gasteiger charge is 2.39. The van der Waals surface area contributed by atoms with Gasteiger partial charge < -0.3 is 29.6 Å². The van der Waals surface area contributed by atoms with Crippen molar-refractivity contribution < 1.29 is 27.9 Å². The Balaban J connectivity index is 1.10. The fourth-order valence-electron chi connectivity index (χ4n) is 7.99. The highest BCUT2D eigenvalue weighted by Crippen LogP contribution is 2.40. The number of amides is 2. The molecule has 17 heteroatoms. The van der Waals surface area contributed by atoms with E-state index in [1.165, 1.54) is 26.2 Å². The van der Waals surface area contributed by atoms with E-state index in [1.807, 2.05) is 11.0 Å². The SMILES string of the molecule is C=CC(=O)Nc1cc(Nc2nc(-c3ccnc(N4CCn5c(cc6c5CC(C)(C)C6)C4=O)c3CO)cn(C)c2=O)ccc1N1CCN(C2COC2)CS1(=O)=O. The van der Waals surface area contributed by atoms with Gasteiger partial charge in [0.1, 0.15) is 17.4 Å². The van der Waals surface area contributed by atoms with Crippen molar-refractivity contribution in [2.75, 3.05) is 58.6 Å². The van der Waals surface area contributed by atoms with Crippen LogP contribution in [0.15, 0.2) is 60.2 Å². The molecule has 0 spiro atoms. The van der Waals surface area contributed by atoms with Gasteiger partial charge in [0, 0.05) is 68.1 Å². The first-order valence-electron chi connectivity index (χ1n) is 18.1. The number of carbonyl (C=O) groups is 2. The van der Waals surface area contributed by atoms with Crippen molar-refractivity contribution in [1.29, 1.82) is 0 Å². The Kier molecular flexibility index (Phi) is 9.14. The normalized spacial score (nSPS) is 19.1. The highest BCUT2D eigenvalue weighted by molar-refractivity contribution is 7.92. The number of ether oxygens (including phenoxy) is 1. The summed E-state index contributed by atoms with van der Waals surface area (Å²) >= 11 is 0. The molecular weight excluding hydrogens is 727 g/mol. The van der Waals surface area contributed by atoms with Gasteiger partial charge in [-0.1, -0.05) is 20.4 Å². The molecule has 16 nitrogen and oxygen atoms in total. The lowest BCUT2D eigenvalue weighted by Gasteiger charge is -2.42. The number of nitrogens with one attached hydrogen (secondary N) is 2. The van der Waals surface area contributed by atoms with Crippen molar-refractivity contribution in [2.45, 2.75) is 45.9 Å². The molecule has 0 saturated carbocycles. The number of hydrogen-bond acceptors (Lipinski definition) is 11. The third-order valence-electron chi connectivity index (χ3n) is 10.8. The minimum Gasteiger partial charge on any atom is -0.392 e. The average Bonchev–Trinajstić information content (AvgIpc) is 3.61. The van der Waals surface area contributed by atoms with Crippen LogP contribution in [0.25, 0.3) is 11.3 Å². The Morgan fingerprint density at radius 3 is 2.62 bits per heavy atom. The Hall–Kier alpha value is -5.36.